The molecule has 1 unspecified atom stereocenters. The van der Waals surface area contributed by atoms with Crippen molar-refractivity contribution in [3.8, 4) is 0 Å². The van der Waals surface area contributed by atoms with Crippen LogP contribution in [0.1, 0.15) is 13.8 Å². The second-order valence-electron chi connectivity index (χ2n) is 4.92. The number of thiocarbonyl (C=S) groups is 1. The van der Waals surface area contributed by atoms with Gasteiger partial charge in [0.2, 0.25) is 0 Å². The Balaban J connectivity index is 2.50. The number of esters is 1. The Kier molecular flexibility index (Phi) is 3.66. The average Bonchev–Trinajstić information content (AvgIpc) is 2.49. The summed E-state index contributed by atoms with van der Waals surface area (Å²) >= 11 is 9.72. The molecule has 2 fully saturated rings. The number of rotatable bonds is 3. The summed E-state index contributed by atoms with van der Waals surface area (Å²) in [5, 5.41) is 0.806. The number of amides is 1. The Hall–Kier alpha value is -1.02. The molecule has 0 bridgehead atoms. The molecule has 3 atom stereocenters. The Labute approximate surface area is 125 Å². The van der Waals surface area contributed by atoms with E-state index in [0.29, 0.717) is 0 Å². The predicted octanol–water partition coefficient (Wildman–Crippen LogP) is -0.0588. The quantitative estimate of drug-likeness (QED) is 0.235. The first-order valence-electron chi connectivity index (χ1n) is 5.57. The molecule has 0 aromatic rings. The molecule has 2 saturated heterocycles. The van der Waals surface area contributed by atoms with Gasteiger partial charge in [-0.05, 0) is 26.1 Å². The van der Waals surface area contributed by atoms with E-state index in [2.05, 4.69) is 21.9 Å². The van der Waals surface area contributed by atoms with E-state index < -0.39 is 50.0 Å². The highest BCUT2D eigenvalue weighted by atomic mass is 35.5. The Bertz CT molecular complexity index is 626. The Morgan fingerprint density at radius 1 is 1.60 bits per heavy atom. The Morgan fingerprint density at radius 3 is 2.70 bits per heavy atom. The number of hydrogen-bond donors (Lipinski definition) is 0. The number of ether oxygens (including phenoxy) is 1. The van der Waals surface area contributed by atoms with Crippen LogP contribution >= 0.6 is 23.8 Å². The van der Waals surface area contributed by atoms with Crippen molar-refractivity contribution in [1.29, 1.82) is 0 Å². The molecular formula is C10H11ClN2O5S2. The lowest BCUT2D eigenvalue weighted by molar-refractivity contribution is -0.161. The third-order valence-corrected chi connectivity index (χ3v) is 6.68. The summed E-state index contributed by atoms with van der Waals surface area (Å²) in [6.45, 7) is 2.73. The molecule has 0 aromatic heterocycles. The molecule has 0 saturated carbocycles. The predicted molar refractivity (Wildman–Crippen MR) is 73.0 cm³/mol. The van der Waals surface area contributed by atoms with Gasteiger partial charge in [0.25, 0.3) is 5.91 Å². The number of isothiocyanates is 1. The van der Waals surface area contributed by atoms with E-state index in [9.17, 15) is 18.0 Å². The number of halogens is 1. The fourth-order valence-electron chi connectivity index (χ4n) is 2.57. The van der Waals surface area contributed by atoms with Crippen LogP contribution in [0.25, 0.3) is 0 Å². The van der Waals surface area contributed by atoms with Gasteiger partial charge >= 0.3 is 5.97 Å². The van der Waals surface area contributed by atoms with E-state index in [0.717, 1.165) is 4.90 Å². The van der Waals surface area contributed by atoms with Gasteiger partial charge in [0, 0.05) is 0 Å². The average molecular weight is 339 g/mol. The van der Waals surface area contributed by atoms with Crippen molar-refractivity contribution in [2.24, 2.45) is 4.99 Å². The number of carbonyl (C=O) groups excluding carboxylic acids is 2. The van der Waals surface area contributed by atoms with Crippen LogP contribution in [0, 0.1) is 0 Å². The van der Waals surface area contributed by atoms with Gasteiger partial charge in [0.15, 0.2) is 27.3 Å². The second kappa shape index (κ2) is 4.77. The SMILES string of the molecule is CC1(C)[C@H](C(=O)OCCl)N2C(=O)C(N=C=S)[C@H]2S1(=O)=O. The van der Waals surface area contributed by atoms with Crippen molar-refractivity contribution in [3.63, 3.8) is 0 Å². The van der Waals surface area contributed by atoms with Crippen LogP contribution in [-0.4, -0.2) is 58.6 Å². The van der Waals surface area contributed by atoms with Crippen LogP contribution in [0.2, 0.25) is 0 Å². The van der Waals surface area contributed by atoms with E-state index in [-0.39, 0.29) is 0 Å². The number of sulfone groups is 1. The summed E-state index contributed by atoms with van der Waals surface area (Å²) in [6, 6.07) is -2.79. The van der Waals surface area contributed by atoms with Crippen molar-refractivity contribution in [1.82, 2.24) is 4.90 Å². The summed E-state index contributed by atoms with van der Waals surface area (Å²) in [5.41, 5.74) is 0. The number of aliphatic imine (C=N–C) groups is 1. The summed E-state index contributed by atoms with van der Waals surface area (Å²) in [4.78, 5) is 28.4. The van der Waals surface area contributed by atoms with Gasteiger partial charge < -0.3 is 9.64 Å². The minimum absolute atomic E-state index is 0.417. The lowest BCUT2D eigenvalue weighted by Gasteiger charge is -2.40. The summed E-state index contributed by atoms with van der Waals surface area (Å²) in [5.74, 6) is -1.44. The van der Waals surface area contributed by atoms with E-state index in [4.69, 9.17) is 11.6 Å². The monoisotopic (exact) mass is 338 g/mol. The fourth-order valence-corrected chi connectivity index (χ4v) is 4.98. The van der Waals surface area contributed by atoms with Crippen molar-refractivity contribution in [2.45, 2.75) is 36.1 Å². The van der Waals surface area contributed by atoms with E-state index in [1.54, 1.807) is 0 Å². The zero-order valence-electron chi connectivity index (χ0n) is 10.6. The van der Waals surface area contributed by atoms with Crippen LogP contribution < -0.4 is 0 Å². The zero-order chi connectivity index (χ0) is 15.3. The van der Waals surface area contributed by atoms with Gasteiger partial charge in [-0.1, -0.05) is 11.6 Å². The fraction of sp³-hybridized carbons (Fsp3) is 0.700. The first-order valence-corrected chi connectivity index (χ1v) is 8.06. The van der Waals surface area contributed by atoms with Crippen LogP contribution in [0.3, 0.4) is 0 Å². The molecule has 0 N–H and O–H groups in total. The van der Waals surface area contributed by atoms with Crippen molar-refractivity contribution < 1.29 is 22.7 Å². The standard InChI is InChI=1S/C10H11ClN2O5S2/c1-10(2)6(9(15)18-3-11)13-7(14)5(12-4-19)8(13)20(10,16)17/h5-6,8H,3H2,1-2H3/t5?,6-,8+/m0/s1. The molecule has 10 heteroatoms. The highest BCUT2D eigenvalue weighted by Gasteiger charge is 2.72. The maximum absolute atomic E-state index is 12.5. The third kappa shape index (κ3) is 1.74. The maximum atomic E-state index is 12.5. The van der Waals surface area contributed by atoms with Crippen LogP contribution in [0.4, 0.5) is 0 Å². The van der Waals surface area contributed by atoms with Gasteiger partial charge in [0.05, 0.1) is 5.16 Å². The summed E-state index contributed by atoms with van der Waals surface area (Å²) < 4.78 is 28.1. The summed E-state index contributed by atoms with van der Waals surface area (Å²) in [6.07, 6.45) is 0. The Morgan fingerprint density at radius 2 is 2.20 bits per heavy atom. The zero-order valence-corrected chi connectivity index (χ0v) is 13.0. The molecule has 0 radical (unpaired) electrons. The lowest BCUT2D eigenvalue weighted by Crippen LogP contribution is -2.66. The van der Waals surface area contributed by atoms with Crippen molar-refractivity contribution in [3.05, 3.63) is 0 Å². The minimum Gasteiger partial charge on any atom is -0.448 e. The largest absolute Gasteiger partial charge is 0.448 e. The normalized spacial score (nSPS) is 32.9. The number of nitrogens with zero attached hydrogens (tertiary/aromatic N) is 2. The van der Waals surface area contributed by atoms with E-state index in [1.165, 1.54) is 13.8 Å². The van der Waals surface area contributed by atoms with Crippen LogP contribution in [-0.2, 0) is 24.2 Å². The van der Waals surface area contributed by atoms with Crippen molar-refractivity contribution in [2.75, 3.05) is 6.07 Å². The smallest absolute Gasteiger partial charge is 0.331 e. The molecule has 0 aromatic carbocycles. The third-order valence-electron chi connectivity index (χ3n) is 3.65. The minimum atomic E-state index is -3.80. The molecule has 2 rings (SSSR count). The molecule has 1 amide bonds. The number of carbonyl (C=O) groups is 2. The number of alkyl halides is 1. The van der Waals surface area contributed by atoms with Gasteiger partial charge in [-0.3, -0.25) is 4.79 Å². The van der Waals surface area contributed by atoms with Gasteiger partial charge in [-0.2, -0.15) is 0 Å². The highest BCUT2D eigenvalue weighted by molar-refractivity contribution is 7.94. The molecule has 7 nitrogen and oxygen atoms in total. The first-order chi connectivity index (χ1) is 9.21. The first kappa shape index (κ1) is 15.4. The molecule has 2 heterocycles. The van der Waals surface area contributed by atoms with Crippen LogP contribution in [0.5, 0.6) is 0 Å². The van der Waals surface area contributed by atoms with Gasteiger partial charge in [-0.15, -0.1) is 0 Å². The number of fused-ring (bicyclic) bond motifs is 1. The van der Waals surface area contributed by atoms with Gasteiger partial charge in [0.1, 0.15) is 10.8 Å². The molecular weight excluding hydrogens is 328 g/mol. The molecule has 0 spiro atoms. The highest BCUT2D eigenvalue weighted by Crippen LogP contribution is 2.47. The molecule has 2 aliphatic rings. The van der Waals surface area contributed by atoms with Crippen molar-refractivity contribution >= 4 is 50.7 Å². The molecule has 0 aliphatic carbocycles. The van der Waals surface area contributed by atoms with E-state index >= 15 is 0 Å². The molecule has 2 aliphatic heterocycles. The summed E-state index contributed by atoms with van der Waals surface area (Å²) in [7, 11) is -3.80. The maximum Gasteiger partial charge on any atom is 0.331 e. The molecule has 20 heavy (non-hydrogen) atoms. The topological polar surface area (TPSA) is 93.1 Å². The van der Waals surface area contributed by atoms with Gasteiger partial charge in [-0.25, -0.2) is 18.2 Å². The lowest BCUT2D eigenvalue weighted by atomic mass is 9.96. The molecule has 110 valence electrons. The van der Waals surface area contributed by atoms with Crippen LogP contribution in [0.15, 0.2) is 4.99 Å². The number of β-lactam (4-membered cyclic amide) rings is 1. The second-order valence-corrected chi connectivity index (χ2v) is 7.95. The number of hydrogen-bond acceptors (Lipinski definition) is 7. The van der Waals surface area contributed by atoms with E-state index in [1.807, 2.05) is 5.16 Å².